The zero-order valence-corrected chi connectivity index (χ0v) is 20.5. The first kappa shape index (κ1) is 23.3. The first-order valence-corrected chi connectivity index (χ1v) is 12.0. The van der Waals surface area contributed by atoms with Gasteiger partial charge in [0.05, 0.1) is 13.2 Å². The molecular formula is C24H28Cl2N4OS. The molecule has 1 fully saturated rings. The van der Waals surface area contributed by atoms with E-state index in [9.17, 15) is 0 Å². The number of para-hydroxylation sites is 1. The minimum atomic E-state index is 0.579. The summed E-state index contributed by atoms with van der Waals surface area (Å²) in [6.45, 7) is 6.22. The molecule has 170 valence electrons. The molecule has 0 unspecified atom stereocenters. The molecule has 4 rings (SSSR count). The fourth-order valence-electron chi connectivity index (χ4n) is 4.15. The molecule has 0 aliphatic carbocycles. The van der Waals surface area contributed by atoms with Crippen LogP contribution in [-0.4, -0.2) is 58.9 Å². The van der Waals surface area contributed by atoms with Gasteiger partial charge < -0.3 is 19.5 Å². The van der Waals surface area contributed by atoms with Gasteiger partial charge >= 0.3 is 0 Å². The molecule has 8 heteroatoms. The molecule has 2 aromatic carbocycles. The number of fused-ring (bicyclic) bond motifs is 1. The number of hydrogen-bond donors (Lipinski definition) is 1. The van der Waals surface area contributed by atoms with Crippen molar-refractivity contribution in [1.29, 1.82) is 0 Å². The minimum Gasteiger partial charge on any atom is -0.379 e. The molecule has 1 aromatic heterocycles. The van der Waals surface area contributed by atoms with E-state index in [4.69, 9.17) is 40.2 Å². The summed E-state index contributed by atoms with van der Waals surface area (Å²) in [5.41, 5.74) is 3.27. The Balaban J connectivity index is 1.50. The highest BCUT2D eigenvalue weighted by Crippen LogP contribution is 2.25. The van der Waals surface area contributed by atoms with Crippen LogP contribution in [0.5, 0.6) is 0 Å². The molecule has 0 spiro atoms. The predicted octanol–water partition coefficient (Wildman–Crippen LogP) is 5.41. The van der Waals surface area contributed by atoms with Crippen molar-refractivity contribution in [3.63, 3.8) is 0 Å². The zero-order chi connectivity index (χ0) is 22.5. The van der Waals surface area contributed by atoms with Gasteiger partial charge in [-0.15, -0.1) is 0 Å². The van der Waals surface area contributed by atoms with Crippen LogP contribution in [0.25, 0.3) is 10.9 Å². The highest BCUT2D eigenvalue weighted by atomic mass is 35.5. The van der Waals surface area contributed by atoms with Gasteiger partial charge in [0.15, 0.2) is 5.11 Å². The van der Waals surface area contributed by atoms with Gasteiger partial charge in [0.1, 0.15) is 0 Å². The van der Waals surface area contributed by atoms with Crippen molar-refractivity contribution in [2.45, 2.75) is 13.0 Å². The molecule has 2 heterocycles. The lowest BCUT2D eigenvalue weighted by Crippen LogP contribution is -2.40. The van der Waals surface area contributed by atoms with Crippen molar-refractivity contribution in [2.75, 3.05) is 44.7 Å². The number of benzene rings is 2. The molecule has 0 bridgehead atoms. The van der Waals surface area contributed by atoms with Crippen LogP contribution in [0.2, 0.25) is 10.0 Å². The van der Waals surface area contributed by atoms with Crippen molar-refractivity contribution in [3.8, 4) is 0 Å². The Morgan fingerprint density at radius 1 is 1.12 bits per heavy atom. The number of aromatic nitrogens is 1. The van der Waals surface area contributed by atoms with Gasteiger partial charge in [-0.2, -0.15) is 0 Å². The van der Waals surface area contributed by atoms with Gasteiger partial charge in [-0.05, 0) is 48.5 Å². The molecule has 1 saturated heterocycles. The summed E-state index contributed by atoms with van der Waals surface area (Å²) in [4.78, 5) is 4.68. The van der Waals surface area contributed by atoms with Crippen LogP contribution >= 0.6 is 35.4 Å². The molecule has 0 amide bonds. The van der Waals surface area contributed by atoms with Crippen LogP contribution in [0.15, 0.2) is 48.7 Å². The summed E-state index contributed by atoms with van der Waals surface area (Å²) in [6, 6.07) is 13.9. The Hall–Kier alpha value is -1.83. The van der Waals surface area contributed by atoms with Gasteiger partial charge in [-0.1, -0.05) is 41.4 Å². The molecule has 0 saturated carbocycles. The summed E-state index contributed by atoms with van der Waals surface area (Å²) in [5, 5.41) is 6.41. The lowest BCUT2D eigenvalue weighted by molar-refractivity contribution is 0.0368. The smallest absolute Gasteiger partial charge is 0.173 e. The van der Waals surface area contributed by atoms with E-state index in [0.29, 0.717) is 15.2 Å². The standard InChI is InChI=1S/C24H28Cl2N4OS/c1-28-16-18(22-5-2-3-6-23(22)28)17-30(8-4-7-29-9-11-31-12-10-29)24(32)27-21-14-19(25)13-20(26)15-21/h2-3,5-6,13-16H,4,7-12,17H2,1H3,(H,27,32). The fourth-order valence-corrected chi connectivity index (χ4v) is 4.95. The molecule has 0 atom stereocenters. The van der Waals surface area contributed by atoms with Crippen molar-refractivity contribution in [3.05, 3.63) is 64.3 Å². The van der Waals surface area contributed by atoms with Crippen LogP contribution in [0.3, 0.4) is 0 Å². The molecule has 1 N–H and O–H groups in total. The number of morpholine rings is 1. The van der Waals surface area contributed by atoms with E-state index in [1.165, 1.54) is 16.5 Å². The van der Waals surface area contributed by atoms with E-state index in [1.54, 1.807) is 6.07 Å². The van der Waals surface area contributed by atoms with Crippen molar-refractivity contribution in [2.24, 2.45) is 7.05 Å². The van der Waals surface area contributed by atoms with Crippen LogP contribution in [0, 0.1) is 0 Å². The summed E-state index contributed by atoms with van der Waals surface area (Å²) in [7, 11) is 2.08. The highest BCUT2D eigenvalue weighted by Gasteiger charge is 2.16. The SMILES string of the molecule is Cn1cc(CN(CCCN2CCOCC2)C(=S)Nc2cc(Cl)cc(Cl)c2)c2ccccc21. The molecule has 5 nitrogen and oxygen atoms in total. The summed E-state index contributed by atoms with van der Waals surface area (Å²) in [6.07, 6.45) is 3.21. The highest BCUT2D eigenvalue weighted by molar-refractivity contribution is 7.80. The lowest BCUT2D eigenvalue weighted by Gasteiger charge is -2.29. The van der Waals surface area contributed by atoms with Crippen molar-refractivity contribution >= 4 is 57.1 Å². The Morgan fingerprint density at radius 2 is 1.84 bits per heavy atom. The van der Waals surface area contributed by atoms with Gasteiger partial charge in [-0.3, -0.25) is 4.90 Å². The number of aryl methyl sites for hydroxylation is 1. The van der Waals surface area contributed by atoms with E-state index in [1.807, 2.05) is 12.1 Å². The van der Waals surface area contributed by atoms with Crippen molar-refractivity contribution < 1.29 is 4.74 Å². The third-order valence-electron chi connectivity index (χ3n) is 5.75. The fraction of sp³-hybridized carbons (Fsp3) is 0.375. The van der Waals surface area contributed by atoms with Crippen LogP contribution in [0.1, 0.15) is 12.0 Å². The Morgan fingerprint density at radius 3 is 2.59 bits per heavy atom. The second-order valence-electron chi connectivity index (χ2n) is 8.10. The molecule has 0 radical (unpaired) electrons. The molecule has 3 aromatic rings. The maximum absolute atomic E-state index is 6.18. The number of hydrogen-bond acceptors (Lipinski definition) is 3. The van der Waals surface area contributed by atoms with E-state index in [2.05, 4.69) is 57.2 Å². The van der Waals surface area contributed by atoms with Crippen LogP contribution in [0.4, 0.5) is 5.69 Å². The summed E-state index contributed by atoms with van der Waals surface area (Å²) >= 11 is 18.2. The minimum absolute atomic E-state index is 0.579. The average Bonchev–Trinajstić information content (AvgIpc) is 3.08. The molecular weight excluding hydrogens is 463 g/mol. The summed E-state index contributed by atoms with van der Waals surface area (Å²) in [5.74, 6) is 0. The number of nitrogens with one attached hydrogen (secondary N) is 1. The number of halogens is 2. The van der Waals surface area contributed by atoms with E-state index in [0.717, 1.165) is 58.0 Å². The second kappa shape index (κ2) is 10.9. The number of ether oxygens (including phenoxy) is 1. The van der Waals surface area contributed by atoms with E-state index < -0.39 is 0 Å². The Kier molecular flexibility index (Phi) is 7.92. The quantitative estimate of drug-likeness (QED) is 0.447. The number of anilines is 1. The Bertz CT molecular complexity index is 1060. The number of rotatable bonds is 7. The third kappa shape index (κ3) is 5.94. The first-order chi connectivity index (χ1) is 15.5. The predicted molar refractivity (Wildman–Crippen MR) is 138 cm³/mol. The topological polar surface area (TPSA) is 32.7 Å². The molecule has 1 aliphatic heterocycles. The van der Waals surface area contributed by atoms with Gasteiger partial charge in [0.25, 0.3) is 0 Å². The number of thiocarbonyl (C=S) groups is 1. The van der Waals surface area contributed by atoms with Crippen molar-refractivity contribution in [1.82, 2.24) is 14.4 Å². The van der Waals surface area contributed by atoms with Gasteiger partial charge in [0, 0.05) is 72.6 Å². The normalized spacial score (nSPS) is 14.6. The van der Waals surface area contributed by atoms with E-state index >= 15 is 0 Å². The molecule has 1 aliphatic rings. The van der Waals surface area contributed by atoms with E-state index in [-0.39, 0.29) is 0 Å². The first-order valence-electron chi connectivity index (χ1n) is 10.8. The molecule has 32 heavy (non-hydrogen) atoms. The number of nitrogens with zero attached hydrogens (tertiary/aromatic N) is 3. The van der Waals surface area contributed by atoms with Crippen LogP contribution in [-0.2, 0) is 18.3 Å². The maximum atomic E-state index is 6.18. The maximum Gasteiger partial charge on any atom is 0.173 e. The van der Waals surface area contributed by atoms with Gasteiger partial charge in [-0.25, -0.2) is 0 Å². The lowest BCUT2D eigenvalue weighted by atomic mass is 10.1. The summed E-state index contributed by atoms with van der Waals surface area (Å²) < 4.78 is 7.64. The Labute approximate surface area is 204 Å². The second-order valence-corrected chi connectivity index (χ2v) is 9.36. The van der Waals surface area contributed by atoms with Crippen LogP contribution < -0.4 is 5.32 Å². The largest absolute Gasteiger partial charge is 0.379 e. The van der Waals surface area contributed by atoms with Gasteiger partial charge in [0.2, 0.25) is 0 Å². The monoisotopic (exact) mass is 490 g/mol. The third-order valence-corrected chi connectivity index (χ3v) is 6.54. The average molecular weight is 491 g/mol. The zero-order valence-electron chi connectivity index (χ0n) is 18.2.